The molecule has 92 valence electrons. The Morgan fingerprint density at radius 1 is 1.41 bits per heavy atom. The number of anilines is 1. The summed E-state index contributed by atoms with van der Waals surface area (Å²) in [5.74, 6) is -0.908. The van der Waals surface area contributed by atoms with E-state index in [1.807, 2.05) is 31.2 Å². The molecule has 1 aliphatic heterocycles. The molecule has 0 aliphatic carbocycles. The maximum absolute atomic E-state index is 11.2. The van der Waals surface area contributed by atoms with Crippen LogP contribution in [0, 0.1) is 6.92 Å². The Labute approximate surface area is 101 Å². The summed E-state index contributed by atoms with van der Waals surface area (Å²) in [7, 11) is 0. The number of carbonyl (C=O) groups is 1. The molecular formula is C13H18N2O2. The van der Waals surface area contributed by atoms with Gasteiger partial charge in [-0.1, -0.05) is 17.7 Å². The monoisotopic (exact) mass is 234 g/mol. The van der Waals surface area contributed by atoms with Crippen molar-refractivity contribution >= 4 is 11.7 Å². The van der Waals surface area contributed by atoms with Crippen LogP contribution in [0.25, 0.3) is 0 Å². The van der Waals surface area contributed by atoms with Gasteiger partial charge in [0.05, 0.1) is 0 Å². The van der Waals surface area contributed by atoms with Gasteiger partial charge in [-0.25, -0.2) is 0 Å². The normalized spacial score (nSPS) is 24.7. The first-order valence-electron chi connectivity index (χ1n) is 5.85. The minimum atomic E-state index is -1.11. The zero-order valence-corrected chi connectivity index (χ0v) is 10.0. The summed E-state index contributed by atoms with van der Waals surface area (Å²) in [5.41, 5.74) is 7.06. The first-order chi connectivity index (χ1) is 8.01. The van der Waals surface area contributed by atoms with Gasteiger partial charge in [-0.05, 0) is 31.9 Å². The van der Waals surface area contributed by atoms with E-state index in [0.29, 0.717) is 13.0 Å². The van der Waals surface area contributed by atoms with Crippen molar-refractivity contribution in [1.29, 1.82) is 0 Å². The van der Waals surface area contributed by atoms with E-state index < -0.39 is 11.5 Å². The van der Waals surface area contributed by atoms with Crippen LogP contribution in [-0.2, 0) is 4.79 Å². The molecule has 17 heavy (non-hydrogen) atoms. The summed E-state index contributed by atoms with van der Waals surface area (Å²) in [6, 6.07) is 8.09. The Kier molecular flexibility index (Phi) is 3.07. The number of benzene rings is 1. The van der Waals surface area contributed by atoms with Crippen molar-refractivity contribution in [2.24, 2.45) is 5.73 Å². The molecule has 0 radical (unpaired) electrons. The van der Waals surface area contributed by atoms with Gasteiger partial charge in [0.1, 0.15) is 5.54 Å². The number of carboxylic acids is 1. The van der Waals surface area contributed by atoms with Crippen molar-refractivity contribution in [3.63, 3.8) is 0 Å². The average Bonchev–Trinajstić information content (AvgIpc) is 2.30. The van der Waals surface area contributed by atoms with Crippen LogP contribution in [0.4, 0.5) is 5.69 Å². The predicted octanol–water partition coefficient (Wildman–Crippen LogP) is 1.38. The molecule has 0 aromatic heterocycles. The van der Waals surface area contributed by atoms with E-state index in [-0.39, 0.29) is 0 Å². The highest BCUT2D eigenvalue weighted by molar-refractivity contribution is 5.80. The number of nitrogens with two attached hydrogens (primary N) is 1. The third kappa shape index (κ3) is 2.42. The van der Waals surface area contributed by atoms with Gasteiger partial charge in [0.15, 0.2) is 0 Å². The number of hydrogen-bond donors (Lipinski definition) is 2. The fraction of sp³-hybridized carbons (Fsp3) is 0.462. The summed E-state index contributed by atoms with van der Waals surface area (Å²) in [5, 5.41) is 9.15. The molecule has 3 N–H and O–H groups in total. The van der Waals surface area contributed by atoms with Gasteiger partial charge in [0.2, 0.25) is 0 Å². The van der Waals surface area contributed by atoms with Crippen molar-refractivity contribution in [3.8, 4) is 0 Å². The molecular weight excluding hydrogens is 216 g/mol. The summed E-state index contributed by atoms with van der Waals surface area (Å²) in [4.78, 5) is 13.2. The van der Waals surface area contributed by atoms with E-state index in [1.165, 1.54) is 5.56 Å². The van der Waals surface area contributed by atoms with Crippen LogP contribution >= 0.6 is 0 Å². The molecule has 1 aromatic rings. The molecule has 1 unspecified atom stereocenters. The number of piperidine rings is 1. The molecule has 1 heterocycles. The molecule has 1 aromatic carbocycles. The second-order valence-electron chi connectivity index (χ2n) is 4.82. The Hall–Kier alpha value is -1.55. The first kappa shape index (κ1) is 11.9. The molecule has 2 rings (SSSR count). The summed E-state index contributed by atoms with van der Waals surface area (Å²) in [6.07, 6.45) is 1.36. The highest BCUT2D eigenvalue weighted by Gasteiger charge is 2.38. The lowest BCUT2D eigenvalue weighted by atomic mass is 9.90. The number of hydrogen-bond acceptors (Lipinski definition) is 3. The lowest BCUT2D eigenvalue weighted by Gasteiger charge is -2.38. The number of carboxylic acid groups (broad SMARTS) is 1. The topological polar surface area (TPSA) is 66.6 Å². The number of nitrogens with zero attached hydrogens (tertiary/aromatic N) is 1. The van der Waals surface area contributed by atoms with Crippen molar-refractivity contribution in [3.05, 3.63) is 29.8 Å². The molecule has 1 fully saturated rings. The van der Waals surface area contributed by atoms with Gasteiger partial charge in [-0.2, -0.15) is 0 Å². The van der Waals surface area contributed by atoms with E-state index in [9.17, 15) is 4.79 Å². The third-order valence-electron chi connectivity index (χ3n) is 3.35. The molecule has 0 bridgehead atoms. The molecule has 0 amide bonds. The van der Waals surface area contributed by atoms with E-state index in [1.54, 1.807) is 0 Å². The summed E-state index contributed by atoms with van der Waals surface area (Å²) in [6.45, 7) is 3.28. The molecule has 4 nitrogen and oxygen atoms in total. The summed E-state index contributed by atoms with van der Waals surface area (Å²) < 4.78 is 0. The van der Waals surface area contributed by atoms with Crippen LogP contribution in [0.5, 0.6) is 0 Å². The van der Waals surface area contributed by atoms with Crippen molar-refractivity contribution < 1.29 is 9.90 Å². The van der Waals surface area contributed by atoms with E-state index in [0.717, 1.165) is 18.7 Å². The average molecular weight is 234 g/mol. The van der Waals surface area contributed by atoms with Gasteiger partial charge < -0.3 is 15.7 Å². The predicted molar refractivity (Wildman–Crippen MR) is 67.2 cm³/mol. The largest absolute Gasteiger partial charge is 0.480 e. The quantitative estimate of drug-likeness (QED) is 0.811. The third-order valence-corrected chi connectivity index (χ3v) is 3.35. The lowest BCUT2D eigenvalue weighted by Crippen LogP contribution is -2.59. The van der Waals surface area contributed by atoms with E-state index in [2.05, 4.69) is 4.90 Å². The molecule has 4 heteroatoms. The second-order valence-corrected chi connectivity index (χ2v) is 4.82. The maximum atomic E-state index is 11.2. The molecule has 1 atom stereocenters. The van der Waals surface area contributed by atoms with Crippen molar-refractivity contribution in [2.45, 2.75) is 25.3 Å². The zero-order chi connectivity index (χ0) is 12.5. The van der Waals surface area contributed by atoms with Crippen molar-refractivity contribution in [1.82, 2.24) is 0 Å². The number of aliphatic carboxylic acids is 1. The minimum Gasteiger partial charge on any atom is -0.480 e. The Bertz CT molecular complexity index is 416. The van der Waals surface area contributed by atoms with Gasteiger partial charge in [0, 0.05) is 18.8 Å². The van der Waals surface area contributed by atoms with E-state index >= 15 is 0 Å². The maximum Gasteiger partial charge on any atom is 0.325 e. The van der Waals surface area contributed by atoms with Gasteiger partial charge >= 0.3 is 5.97 Å². The number of rotatable bonds is 2. The molecule has 0 saturated carbocycles. The Balaban J connectivity index is 2.17. The highest BCUT2D eigenvalue weighted by Crippen LogP contribution is 2.24. The molecule has 1 aliphatic rings. The summed E-state index contributed by atoms with van der Waals surface area (Å²) >= 11 is 0. The van der Waals surface area contributed by atoms with Crippen LogP contribution < -0.4 is 10.6 Å². The standard InChI is InChI=1S/C13H18N2O2/c1-10-3-5-11(6-4-10)15-8-2-7-13(14,9-15)12(16)17/h3-6H,2,7-9,14H2,1H3,(H,16,17). The van der Waals surface area contributed by atoms with E-state index in [4.69, 9.17) is 10.8 Å². The van der Waals surface area contributed by atoms with Crippen LogP contribution in [0.15, 0.2) is 24.3 Å². The zero-order valence-electron chi connectivity index (χ0n) is 10.0. The fourth-order valence-electron chi connectivity index (χ4n) is 2.23. The van der Waals surface area contributed by atoms with Gasteiger partial charge in [-0.3, -0.25) is 4.79 Å². The van der Waals surface area contributed by atoms with Crippen LogP contribution in [0.3, 0.4) is 0 Å². The van der Waals surface area contributed by atoms with Crippen LogP contribution in [0.1, 0.15) is 18.4 Å². The van der Waals surface area contributed by atoms with Gasteiger partial charge in [-0.15, -0.1) is 0 Å². The fourth-order valence-corrected chi connectivity index (χ4v) is 2.23. The van der Waals surface area contributed by atoms with Crippen molar-refractivity contribution in [2.75, 3.05) is 18.0 Å². The lowest BCUT2D eigenvalue weighted by molar-refractivity contribution is -0.143. The number of aryl methyl sites for hydroxylation is 1. The minimum absolute atomic E-state index is 0.380. The second kappa shape index (κ2) is 4.37. The SMILES string of the molecule is Cc1ccc(N2CCCC(N)(C(=O)O)C2)cc1. The molecule has 1 saturated heterocycles. The Morgan fingerprint density at radius 2 is 2.06 bits per heavy atom. The van der Waals surface area contributed by atoms with Crippen LogP contribution in [0.2, 0.25) is 0 Å². The molecule has 0 spiro atoms. The van der Waals surface area contributed by atoms with Crippen LogP contribution in [-0.4, -0.2) is 29.7 Å². The Morgan fingerprint density at radius 3 is 2.65 bits per heavy atom. The van der Waals surface area contributed by atoms with Gasteiger partial charge in [0.25, 0.3) is 0 Å². The smallest absolute Gasteiger partial charge is 0.325 e. The first-order valence-corrected chi connectivity index (χ1v) is 5.85. The highest BCUT2D eigenvalue weighted by atomic mass is 16.4.